The first-order valence-corrected chi connectivity index (χ1v) is 9.30. The van der Waals surface area contributed by atoms with Crippen molar-refractivity contribution in [2.75, 3.05) is 16.8 Å². The molecule has 23 heavy (non-hydrogen) atoms. The Bertz CT molecular complexity index is 722. The summed E-state index contributed by atoms with van der Waals surface area (Å²) in [5, 5.41) is 2.85. The highest BCUT2D eigenvalue weighted by Crippen LogP contribution is 2.21. The lowest BCUT2D eigenvalue weighted by Crippen LogP contribution is -2.44. The molecule has 1 atom stereocenters. The molecule has 1 amide bonds. The van der Waals surface area contributed by atoms with E-state index in [9.17, 15) is 17.6 Å². The second-order valence-electron chi connectivity index (χ2n) is 5.56. The second kappa shape index (κ2) is 7.22. The Kier molecular flexibility index (Phi) is 5.53. The number of hydrazine groups is 1. The van der Waals surface area contributed by atoms with Crippen LogP contribution in [0.25, 0.3) is 0 Å². The summed E-state index contributed by atoms with van der Waals surface area (Å²) in [6, 6.07) is 4.57. The van der Waals surface area contributed by atoms with Crippen LogP contribution in [0, 0.1) is 18.7 Å². The van der Waals surface area contributed by atoms with Crippen molar-refractivity contribution in [3.63, 3.8) is 0 Å². The van der Waals surface area contributed by atoms with Crippen LogP contribution in [0.3, 0.4) is 0 Å². The van der Waals surface area contributed by atoms with Gasteiger partial charge in [-0.2, -0.15) is 0 Å². The number of hydrogen-bond acceptors (Lipinski definition) is 4. The Balaban J connectivity index is 1.75. The Labute approximate surface area is 139 Å². The summed E-state index contributed by atoms with van der Waals surface area (Å²) < 4.78 is 36.1. The maximum atomic E-state index is 13.4. The molecule has 0 bridgehead atoms. The molecule has 3 N–H and O–H groups in total. The summed E-state index contributed by atoms with van der Waals surface area (Å²) in [5.74, 6) is -0.673. The maximum Gasteiger partial charge on any atom is 0.238 e. The van der Waals surface area contributed by atoms with Crippen molar-refractivity contribution >= 4 is 38.8 Å². The second-order valence-corrected chi connectivity index (χ2v) is 8.20. The monoisotopic (exact) mass is 359 g/mol. The first kappa shape index (κ1) is 17.6. The molecule has 0 spiro atoms. The van der Waals surface area contributed by atoms with Crippen LogP contribution in [-0.2, 0) is 14.6 Å². The minimum atomic E-state index is -2.99. The highest BCUT2D eigenvalue weighted by molar-refractivity contribution is 7.91. The highest BCUT2D eigenvalue weighted by Gasteiger charge is 2.29. The van der Waals surface area contributed by atoms with E-state index in [-0.39, 0.29) is 40.7 Å². The molecule has 1 aliphatic heterocycles. The normalized spacial score (nSPS) is 19.1. The van der Waals surface area contributed by atoms with E-state index < -0.39 is 9.84 Å². The average Bonchev–Trinajstić information content (AvgIpc) is 2.80. The van der Waals surface area contributed by atoms with Crippen LogP contribution in [0.1, 0.15) is 18.4 Å². The number of carbonyl (C=O) groups is 1. The molecular formula is C14H18FN3O3S2. The van der Waals surface area contributed by atoms with E-state index in [1.165, 1.54) is 6.07 Å². The number of amides is 1. The zero-order chi connectivity index (χ0) is 17.0. The topological polar surface area (TPSA) is 87.3 Å². The minimum absolute atomic E-state index is 0.0474. The third-order valence-electron chi connectivity index (χ3n) is 3.55. The summed E-state index contributed by atoms with van der Waals surface area (Å²) in [6.07, 6.45) is 0.620. The molecule has 1 heterocycles. The molecule has 0 unspecified atom stereocenters. The van der Waals surface area contributed by atoms with E-state index in [2.05, 4.69) is 16.2 Å². The molecule has 6 nitrogen and oxygen atoms in total. The third-order valence-corrected chi connectivity index (χ3v) is 5.59. The van der Waals surface area contributed by atoms with Crippen molar-refractivity contribution in [1.82, 2.24) is 10.9 Å². The molecule has 0 aliphatic carbocycles. The molecule has 9 heteroatoms. The Hall–Kier alpha value is -1.74. The summed E-state index contributed by atoms with van der Waals surface area (Å²) in [6.45, 7) is 1.65. The molecular weight excluding hydrogens is 341 g/mol. The maximum absolute atomic E-state index is 13.4. The third kappa shape index (κ3) is 5.43. The van der Waals surface area contributed by atoms with E-state index in [0.29, 0.717) is 17.7 Å². The number of benzene rings is 1. The lowest BCUT2D eigenvalue weighted by molar-refractivity contribution is -0.122. The van der Waals surface area contributed by atoms with E-state index in [1.54, 1.807) is 19.1 Å². The first-order valence-electron chi connectivity index (χ1n) is 7.07. The van der Waals surface area contributed by atoms with Gasteiger partial charge in [0.15, 0.2) is 14.9 Å². The number of rotatable bonds is 3. The molecule has 2 rings (SSSR count). The number of carbonyl (C=O) groups excluding carboxylic acids is 1. The van der Waals surface area contributed by atoms with Crippen molar-refractivity contribution in [2.45, 2.75) is 19.8 Å². The molecule has 0 radical (unpaired) electrons. The van der Waals surface area contributed by atoms with Crippen LogP contribution in [-0.4, -0.2) is 30.9 Å². The van der Waals surface area contributed by atoms with E-state index in [4.69, 9.17) is 12.2 Å². The molecule has 1 aromatic rings. The van der Waals surface area contributed by atoms with Gasteiger partial charge in [0.2, 0.25) is 5.91 Å². The van der Waals surface area contributed by atoms with Gasteiger partial charge < -0.3 is 5.32 Å². The fraction of sp³-hybridized carbons (Fsp3) is 0.429. The zero-order valence-corrected chi connectivity index (χ0v) is 14.2. The van der Waals surface area contributed by atoms with Crippen LogP contribution >= 0.6 is 12.2 Å². The fourth-order valence-corrected chi connectivity index (χ4v) is 4.34. The number of anilines is 1. The van der Waals surface area contributed by atoms with Crippen LogP contribution in [0.2, 0.25) is 0 Å². The van der Waals surface area contributed by atoms with Gasteiger partial charge in [0.1, 0.15) is 5.82 Å². The van der Waals surface area contributed by atoms with Crippen LogP contribution in [0.5, 0.6) is 0 Å². The zero-order valence-electron chi connectivity index (χ0n) is 12.6. The number of halogens is 1. The van der Waals surface area contributed by atoms with Crippen molar-refractivity contribution in [3.8, 4) is 0 Å². The molecule has 0 saturated carbocycles. The van der Waals surface area contributed by atoms with E-state index in [0.717, 1.165) is 0 Å². The number of nitrogens with one attached hydrogen (secondary N) is 3. The summed E-state index contributed by atoms with van der Waals surface area (Å²) in [4.78, 5) is 11.7. The minimum Gasteiger partial charge on any atom is -0.331 e. The van der Waals surface area contributed by atoms with Crippen LogP contribution in [0.15, 0.2) is 18.2 Å². The standard InChI is InChI=1S/C14H18FN3O3S2/c1-9-2-3-11(7-12(9)15)16-14(22)18-17-13(19)6-10-4-5-23(20,21)8-10/h2-3,7,10H,4-6,8H2,1H3,(H,17,19)(H2,16,18,22)/t10-/m0/s1. The lowest BCUT2D eigenvalue weighted by atomic mass is 10.1. The Morgan fingerprint density at radius 1 is 1.39 bits per heavy atom. The Morgan fingerprint density at radius 2 is 2.13 bits per heavy atom. The van der Waals surface area contributed by atoms with Gasteiger partial charge in [0, 0.05) is 12.1 Å². The Morgan fingerprint density at radius 3 is 2.74 bits per heavy atom. The van der Waals surface area contributed by atoms with Gasteiger partial charge in [0.25, 0.3) is 0 Å². The fourth-order valence-electron chi connectivity index (χ4n) is 2.31. The van der Waals surface area contributed by atoms with Gasteiger partial charge in [-0.3, -0.25) is 15.6 Å². The number of sulfone groups is 1. The van der Waals surface area contributed by atoms with E-state index in [1.807, 2.05) is 0 Å². The van der Waals surface area contributed by atoms with Gasteiger partial charge in [-0.1, -0.05) is 6.07 Å². The first-order chi connectivity index (χ1) is 10.7. The van der Waals surface area contributed by atoms with Gasteiger partial charge in [0.05, 0.1) is 11.5 Å². The summed E-state index contributed by atoms with van der Waals surface area (Å²) in [7, 11) is -2.99. The van der Waals surface area contributed by atoms with Crippen LogP contribution < -0.4 is 16.2 Å². The van der Waals surface area contributed by atoms with Crippen LogP contribution in [0.4, 0.5) is 10.1 Å². The highest BCUT2D eigenvalue weighted by atomic mass is 32.2. The quantitative estimate of drug-likeness (QED) is 0.557. The van der Waals surface area contributed by atoms with Gasteiger partial charge >= 0.3 is 0 Å². The largest absolute Gasteiger partial charge is 0.331 e. The smallest absolute Gasteiger partial charge is 0.238 e. The predicted octanol–water partition coefficient (Wildman–Crippen LogP) is 1.28. The number of thiocarbonyl (C=S) groups is 1. The van der Waals surface area contributed by atoms with Crippen molar-refractivity contribution in [1.29, 1.82) is 0 Å². The SMILES string of the molecule is Cc1ccc(NC(=S)NNC(=O)C[C@@H]2CCS(=O)(=O)C2)cc1F. The molecule has 1 saturated heterocycles. The number of aryl methyl sites for hydroxylation is 1. The van der Waals surface area contributed by atoms with Crippen molar-refractivity contribution < 1.29 is 17.6 Å². The predicted molar refractivity (Wildman–Crippen MR) is 90.0 cm³/mol. The average molecular weight is 359 g/mol. The lowest BCUT2D eigenvalue weighted by Gasteiger charge is -2.13. The molecule has 126 valence electrons. The van der Waals surface area contributed by atoms with E-state index >= 15 is 0 Å². The summed E-state index contributed by atoms with van der Waals surface area (Å²) >= 11 is 4.99. The number of hydrogen-bond donors (Lipinski definition) is 3. The van der Waals surface area contributed by atoms with Crippen molar-refractivity contribution in [2.24, 2.45) is 5.92 Å². The summed E-state index contributed by atoms with van der Waals surface area (Å²) in [5.41, 5.74) is 5.89. The van der Waals surface area contributed by atoms with Gasteiger partial charge in [-0.15, -0.1) is 0 Å². The molecule has 1 aliphatic rings. The molecule has 1 aromatic carbocycles. The van der Waals surface area contributed by atoms with Gasteiger partial charge in [-0.05, 0) is 49.2 Å². The molecule has 1 fully saturated rings. The molecule has 0 aromatic heterocycles. The van der Waals surface area contributed by atoms with Gasteiger partial charge in [-0.25, -0.2) is 12.8 Å². The van der Waals surface area contributed by atoms with Crippen molar-refractivity contribution in [3.05, 3.63) is 29.6 Å².